The standard InChI is InChI=1S/C9H12N2O/c1-8(10-2)11-12-9-6-4-3-5-7-9/h3-7,10-11H,1H2,2H3. The molecule has 12 heavy (non-hydrogen) atoms. The summed E-state index contributed by atoms with van der Waals surface area (Å²) in [4.78, 5) is 5.15. The Bertz CT molecular complexity index is 246. The highest BCUT2D eigenvalue weighted by molar-refractivity contribution is 5.20. The van der Waals surface area contributed by atoms with Crippen LogP contribution in [0, 0.1) is 0 Å². The second kappa shape index (κ2) is 4.28. The van der Waals surface area contributed by atoms with Gasteiger partial charge in [-0.25, -0.2) is 5.48 Å². The Morgan fingerprint density at radius 2 is 2.00 bits per heavy atom. The van der Waals surface area contributed by atoms with Gasteiger partial charge in [-0.2, -0.15) is 0 Å². The topological polar surface area (TPSA) is 33.3 Å². The number of nitrogens with one attached hydrogen (secondary N) is 2. The molecule has 0 aliphatic heterocycles. The Hall–Kier alpha value is -1.64. The van der Waals surface area contributed by atoms with Gasteiger partial charge in [0.1, 0.15) is 5.82 Å². The first-order valence-electron chi connectivity index (χ1n) is 3.67. The molecule has 3 nitrogen and oxygen atoms in total. The number of para-hydroxylation sites is 1. The maximum atomic E-state index is 5.15. The summed E-state index contributed by atoms with van der Waals surface area (Å²) < 4.78 is 0. The van der Waals surface area contributed by atoms with Crippen molar-refractivity contribution in [2.24, 2.45) is 0 Å². The van der Waals surface area contributed by atoms with Crippen LogP contribution in [-0.2, 0) is 0 Å². The molecule has 0 unspecified atom stereocenters. The third kappa shape index (κ3) is 2.54. The summed E-state index contributed by atoms with van der Waals surface area (Å²) in [5.74, 6) is 1.38. The number of hydrogen-bond donors (Lipinski definition) is 2. The van der Waals surface area contributed by atoms with Crippen molar-refractivity contribution in [3.8, 4) is 5.75 Å². The van der Waals surface area contributed by atoms with Crippen LogP contribution in [0.4, 0.5) is 0 Å². The first-order chi connectivity index (χ1) is 5.83. The molecule has 0 bridgehead atoms. The molecule has 0 atom stereocenters. The molecule has 1 aromatic carbocycles. The molecule has 0 saturated heterocycles. The molecule has 64 valence electrons. The average molecular weight is 164 g/mol. The van der Waals surface area contributed by atoms with Crippen LogP contribution in [0.3, 0.4) is 0 Å². The second-order valence-corrected chi connectivity index (χ2v) is 2.25. The summed E-state index contributed by atoms with van der Waals surface area (Å²) in [6.07, 6.45) is 0. The third-order valence-electron chi connectivity index (χ3n) is 1.34. The Morgan fingerprint density at radius 1 is 1.33 bits per heavy atom. The Morgan fingerprint density at radius 3 is 2.58 bits per heavy atom. The van der Waals surface area contributed by atoms with Crippen molar-refractivity contribution in [2.75, 3.05) is 7.05 Å². The minimum Gasteiger partial charge on any atom is -0.381 e. The molecule has 1 rings (SSSR count). The molecular formula is C9H12N2O. The molecule has 0 aliphatic rings. The predicted molar refractivity (Wildman–Crippen MR) is 48.4 cm³/mol. The first kappa shape index (κ1) is 8.46. The van der Waals surface area contributed by atoms with Crippen LogP contribution >= 0.6 is 0 Å². The highest BCUT2D eigenvalue weighted by Gasteiger charge is 1.90. The summed E-state index contributed by atoms with van der Waals surface area (Å²) in [6, 6.07) is 9.45. The number of hydrogen-bond acceptors (Lipinski definition) is 3. The lowest BCUT2D eigenvalue weighted by molar-refractivity contribution is 0.222. The van der Waals surface area contributed by atoms with E-state index >= 15 is 0 Å². The lowest BCUT2D eigenvalue weighted by Crippen LogP contribution is -2.25. The van der Waals surface area contributed by atoms with E-state index in [2.05, 4.69) is 17.4 Å². The minimum atomic E-state index is 0.624. The molecule has 0 amide bonds. The largest absolute Gasteiger partial charge is 0.381 e. The van der Waals surface area contributed by atoms with Crippen LogP contribution in [0.15, 0.2) is 42.7 Å². The van der Waals surface area contributed by atoms with E-state index in [1.54, 1.807) is 7.05 Å². The van der Waals surface area contributed by atoms with Gasteiger partial charge >= 0.3 is 0 Å². The van der Waals surface area contributed by atoms with Gasteiger partial charge < -0.3 is 10.2 Å². The summed E-state index contributed by atoms with van der Waals surface area (Å²) in [5.41, 5.74) is 2.64. The molecule has 0 aliphatic carbocycles. The smallest absolute Gasteiger partial charge is 0.155 e. The van der Waals surface area contributed by atoms with E-state index in [0.717, 1.165) is 5.75 Å². The van der Waals surface area contributed by atoms with E-state index in [0.29, 0.717) is 5.82 Å². The zero-order chi connectivity index (χ0) is 8.81. The number of rotatable bonds is 4. The van der Waals surface area contributed by atoms with Crippen molar-refractivity contribution in [1.29, 1.82) is 0 Å². The fourth-order valence-electron chi connectivity index (χ4n) is 0.660. The zero-order valence-corrected chi connectivity index (χ0v) is 7.00. The molecule has 0 spiro atoms. The van der Waals surface area contributed by atoms with Crippen molar-refractivity contribution in [1.82, 2.24) is 10.8 Å². The van der Waals surface area contributed by atoms with Crippen LogP contribution in [0.2, 0.25) is 0 Å². The van der Waals surface area contributed by atoms with Gasteiger partial charge in [0, 0.05) is 7.05 Å². The summed E-state index contributed by atoms with van der Waals surface area (Å²) in [7, 11) is 1.77. The van der Waals surface area contributed by atoms with Crippen LogP contribution in [0.25, 0.3) is 0 Å². The number of hydroxylamine groups is 1. The highest BCUT2D eigenvalue weighted by Crippen LogP contribution is 2.06. The first-order valence-corrected chi connectivity index (χ1v) is 3.67. The van der Waals surface area contributed by atoms with E-state index in [-0.39, 0.29) is 0 Å². The lowest BCUT2D eigenvalue weighted by atomic mass is 10.3. The van der Waals surface area contributed by atoms with Gasteiger partial charge in [0.15, 0.2) is 5.75 Å². The quantitative estimate of drug-likeness (QED) is 0.657. The van der Waals surface area contributed by atoms with Gasteiger partial charge in [0.2, 0.25) is 0 Å². The minimum absolute atomic E-state index is 0.624. The van der Waals surface area contributed by atoms with Crippen LogP contribution in [0.1, 0.15) is 0 Å². The van der Waals surface area contributed by atoms with Crippen LogP contribution in [-0.4, -0.2) is 7.05 Å². The van der Waals surface area contributed by atoms with Crippen molar-refractivity contribution in [3.05, 3.63) is 42.7 Å². The average Bonchev–Trinajstić information content (AvgIpc) is 2.16. The fraction of sp³-hybridized carbons (Fsp3) is 0.111. The summed E-state index contributed by atoms with van der Waals surface area (Å²) >= 11 is 0. The molecule has 0 saturated carbocycles. The molecule has 0 fully saturated rings. The summed E-state index contributed by atoms with van der Waals surface area (Å²) in [6.45, 7) is 3.64. The Kier molecular flexibility index (Phi) is 3.02. The fourth-order valence-corrected chi connectivity index (χ4v) is 0.660. The maximum absolute atomic E-state index is 5.15. The zero-order valence-electron chi connectivity index (χ0n) is 7.00. The monoisotopic (exact) mass is 164 g/mol. The van der Waals surface area contributed by atoms with Crippen molar-refractivity contribution in [2.45, 2.75) is 0 Å². The lowest BCUT2D eigenvalue weighted by Gasteiger charge is -2.08. The SMILES string of the molecule is C=C(NC)NOc1ccccc1. The molecular weight excluding hydrogens is 152 g/mol. The molecule has 0 radical (unpaired) electrons. The van der Waals surface area contributed by atoms with E-state index in [4.69, 9.17) is 4.84 Å². The van der Waals surface area contributed by atoms with Gasteiger partial charge in [-0.05, 0) is 12.1 Å². The molecule has 0 heterocycles. The van der Waals surface area contributed by atoms with Gasteiger partial charge in [-0.1, -0.05) is 24.8 Å². The van der Waals surface area contributed by atoms with Crippen molar-refractivity contribution >= 4 is 0 Å². The van der Waals surface area contributed by atoms with Gasteiger partial charge in [0.05, 0.1) is 0 Å². The van der Waals surface area contributed by atoms with Gasteiger partial charge in [0.25, 0.3) is 0 Å². The molecule has 2 N–H and O–H groups in total. The Labute approximate surface area is 72.0 Å². The van der Waals surface area contributed by atoms with Crippen molar-refractivity contribution < 1.29 is 4.84 Å². The van der Waals surface area contributed by atoms with Gasteiger partial charge in [-0.15, -0.1) is 0 Å². The van der Waals surface area contributed by atoms with E-state index in [1.165, 1.54) is 0 Å². The van der Waals surface area contributed by atoms with E-state index < -0.39 is 0 Å². The van der Waals surface area contributed by atoms with Crippen molar-refractivity contribution in [3.63, 3.8) is 0 Å². The van der Waals surface area contributed by atoms with Crippen LogP contribution < -0.4 is 15.6 Å². The normalized spacial score (nSPS) is 8.75. The third-order valence-corrected chi connectivity index (χ3v) is 1.34. The summed E-state index contributed by atoms with van der Waals surface area (Å²) in [5, 5.41) is 2.80. The second-order valence-electron chi connectivity index (χ2n) is 2.25. The highest BCUT2D eigenvalue weighted by atomic mass is 16.6. The van der Waals surface area contributed by atoms with E-state index in [9.17, 15) is 0 Å². The number of benzene rings is 1. The van der Waals surface area contributed by atoms with Gasteiger partial charge in [-0.3, -0.25) is 0 Å². The molecule has 0 aromatic heterocycles. The predicted octanol–water partition coefficient (Wildman–Crippen LogP) is 1.26. The van der Waals surface area contributed by atoms with E-state index in [1.807, 2.05) is 30.3 Å². The maximum Gasteiger partial charge on any atom is 0.155 e. The molecule has 3 heteroatoms. The van der Waals surface area contributed by atoms with Crippen LogP contribution in [0.5, 0.6) is 5.75 Å². The Balaban J connectivity index is 2.38. The molecule has 1 aromatic rings.